The van der Waals surface area contributed by atoms with Crippen molar-refractivity contribution in [3.8, 4) is 22.6 Å². The van der Waals surface area contributed by atoms with Crippen molar-refractivity contribution in [2.45, 2.75) is 59.2 Å². The normalized spacial score (nSPS) is 11.3. The van der Waals surface area contributed by atoms with Gasteiger partial charge >= 0.3 is 0 Å². The van der Waals surface area contributed by atoms with Crippen LogP contribution in [0.4, 0.5) is 0 Å². The highest BCUT2D eigenvalue weighted by Crippen LogP contribution is 2.31. The third-order valence-electron chi connectivity index (χ3n) is 6.44. The average Bonchev–Trinajstić information content (AvgIpc) is 3.26. The first-order valence-corrected chi connectivity index (χ1v) is 13.2. The summed E-state index contributed by atoms with van der Waals surface area (Å²) in [6, 6.07) is 29.4. The second-order valence-corrected chi connectivity index (χ2v) is 9.53. The van der Waals surface area contributed by atoms with Crippen LogP contribution in [0.15, 0.2) is 84.9 Å². The van der Waals surface area contributed by atoms with E-state index in [9.17, 15) is 0 Å². The van der Waals surface area contributed by atoms with Crippen molar-refractivity contribution in [2.75, 3.05) is 6.54 Å². The third-order valence-corrected chi connectivity index (χ3v) is 6.81. The first-order valence-electron chi connectivity index (χ1n) is 12.9. The SMILES string of the molecule is CCCCN(Cc1ccccc1Cl)Cc1c(-c2ccccc2)nc(-c2ccccc2)n1CCCC. The fourth-order valence-electron chi connectivity index (χ4n) is 4.51. The summed E-state index contributed by atoms with van der Waals surface area (Å²) in [5.41, 5.74) is 5.88. The van der Waals surface area contributed by atoms with Crippen molar-refractivity contribution in [1.82, 2.24) is 14.5 Å². The summed E-state index contributed by atoms with van der Waals surface area (Å²) in [6.45, 7) is 8.15. The Hall–Kier alpha value is -2.88. The summed E-state index contributed by atoms with van der Waals surface area (Å²) in [5, 5.41) is 0.835. The Bertz CT molecular complexity index is 1180. The Morgan fingerprint density at radius 1 is 0.743 bits per heavy atom. The standard InChI is InChI=1S/C31H36ClN3/c1-3-5-21-34(23-27-19-13-14-20-28(27)32)24-29-30(25-15-9-7-10-16-25)33-31(35(29)22-6-4-2)26-17-11-8-12-18-26/h7-20H,3-6,21-24H2,1-2H3. The zero-order valence-electron chi connectivity index (χ0n) is 21.0. The number of aromatic nitrogens is 2. The van der Waals surface area contributed by atoms with Gasteiger partial charge in [0.15, 0.2) is 0 Å². The number of rotatable bonds is 12. The molecule has 0 aliphatic heterocycles. The van der Waals surface area contributed by atoms with Crippen LogP contribution in [-0.2, 0) is 19.6 Å². The molecular weight excluding hydrogens is 450 g/mol. The lowest BCUT2D eigenvalue weighted by Gasteiger charge is -2.24. The highest BCUT2D eigenvalue weighted by Gasteiger charge is 2.22. The van der Waals surface area contributed by atoms with Gasteiger partial charge in [-0.1, -0.05) is 117 Å². The van der Waals surface area contributed by atoms with Crippen molar-refractivity contribution < 1.29 is 0 Å². The first-order chi connectivity index (χ1) is 17.2. The van der Waals surface area contributed by atoms with Crippen LogP contribution < -0.4 is 0 Å². The van der Waals surface area contributed by atoms with E-state index in [0.717, 1.165) is 68.4 Å². The second-order valence-electron chi connectivity index (χ2n) is 9.12. The predicted molar refractivity (Wildman–Crippen MR) is 148 cm³/mol. The molecule has 0 fully saturated rings. The molecule has 3 aromatic carbocycles. The first kappa shape index (κ1) is 25.2. The van der Waals surface area contributed by atoms with Crippen LogP contribution in [0.1, 0.15) is 50.8 Å². The fraction of sp³-hybridized carbons (Fsp3) is 0.323. The molecule has 3 nitrogen and oxygen atoms in total. The maximum atomic E-state index is 6.57. The lowest BCUT2D eigenvalue weighted by atomic mass is 10.1. The summed E-state index contributed by atoms with van der Waals surface area (Å²) < 4.78 is 2.46. The molecule has 0 bridgehead atoms. The van der Waals surface area contributed by atoms with Crippen LogP contribution in [-0.4, -0.2) is 21.0 Å². The van der Waals surface area contributed by atoms with Crippen LogP contribution in [0.25, 0.3) is 22.6 Å². The molecule has 0 unspecified atom stereocenters. The van der Waals surface area contributed by atoms with Gasteiger partial charge in [-0.3, -0.25) is 4.90 Å². The third kappa shape index (κ3) is 6.42. The number of hydrogen-bond acceptors (Lipinski definition) is 2. The van der Waals surface area contributed by atoms with Gasteiger partial charge < -0.3 is 4.57 Å². The number of unbranched alkanes of at least 4 members (excludes halogenated alkanes) is 2. The fourth-order valence-corrected chi connectivity index (χ4v) is 4.71. The van der Waals surface area contributed by atoms with E-state index in [4.69, 9.17) is 16.6 Å². The van der Waals surface area contributed by atoms with Crippen LogP contribution in [0.3, 0.4) is 0 Å². The van der Waals surface area contributed by atoms with Crippen LogP contribution in [0, 0.1) is 0 Å². The summed E-state index contributed by atoms with van der Waals surface area (Å²) >= 11 is 6.57. The molecule has 0 radical (unpaired) electrons. The summed E-state index contributed by atoms with van der Waals surface area (Å²) in [6.07, 6.45) is 4.58. The number of hydrogen-bond donors (Lipinski definition) is 0. The largest absolute Gasteiger partial charge is 0.326 e. The van der Waals surface area contributed by atoms with Crippen LogP contribution in [0.5, 0.6) is 0 Å². The van der Waals surface area contributed by atoms with Gasteiger partial charge in [0.25, 0.3) is 0 Å². The van der Waals surface area contributed by atoms with Gasteiger partial charge in [0.2, 0.25) is 0 Å². The number of nitrogens with zero attached hydrogens (tertiary/aromatic N) is 3. The minimum Gasteiger partial charge on any atom is -0.326 e. The predicted octanol–water partition coefficient (Wildman–Crippen LogP) is 8.47. The molecule has 0 aliphatic carbocycles. The monoisotopic (exact) mass is 485 g/mol. The van der Waals surface area contributed by atoms with Gasteiger partial charge in [-0.25, -0.2) is 4.98 Å². The van der Waals surface area contributed by atoms with E-state index in [2.05, 4.69) is 96.1 Å². The average molecular weight is 486 g/mol. The molecule has 35 heavy (non-hydrogen) atoms. The Balaban J connectivity index is 1.80. The van der Waals surface area contributed by atoms with Crippen molar-refractivity contribution >= 4 is 11.6 Å². The molecule has 0 aliphatic rings. The van der Waals surface area contributed by atoms with Gasteiger partial charge in [-0.15, -0.1) is 0 Å². The summed E-state index contributed by atoms with van der Waals surface area (Å²) in [5.74, 6) is 1.06. The quantitative estimate of drug-likeness (QED) is 0.200. The molecule has 4 heteroatoms. The zero-order valence-corrected chi connectivity index (χ0v) is 21.7. The molecule has 182 valence electrons. The topological polar surface area (TPSA) is 21.1 Å². The molecule has 4 aromatic rings. The highest BCUT2D eigenvalue weighted by atomic mass is 35.5. The highest BCUT2D eigenvalue weighted by molar-refractivity contribution is 6.31. The molecule has 0 amide bonds. The molecule has 0 atom stereocenters. The minimum absolute atomic E-state index is 0.827. The number of halogens is 1. The molecule has 1 aromatic heterocycles. The Morgan fingerprint density at radius 2 is 1.37 bits per heavy atom. The Morgan fingerprint density at radius 3 is 2.03 bits per heavy atom. The Kier molecular flexibility index (Phi) is 9.16. The van der Waals surface area contributed by atoms with Crippen molar-refractivity contribution in [2.24, 2.45) is 0 Å². The van der Waals surface area contributed by atoms with E-state index in [0.29, 0.717) is 0 Å². The second kappa shape index (κ2) is 12.7. The van der Waals surface area contributed by atoms with E-state index in [1.54, 1.807) is 0 Å². The van der Waals surface area contributed by atoms with E-state index < -0.39 is 0 Å². The molecule has 1 heterocycles. The van der Waals surface area contributed by atoms with E-state index in [1.807, 2.05) is 12.1 Å². The zero-order chi connectivity index (χ0) is 24.5. The van der Waals surface area contributed by atoms with Crippen molar-refractivity contribution in [1.29, 1.82) is 0 Å². The van der Waals surface area contributed by atoms with Crippen molar-refractivity contribution in [3.05, 3.63) is 101 Å². The smallest absolute Gasteiger partial charge is 0.140 e. The van der Waals surface area contributed by atoms with E-state index >= 15 is 0 Å². The maximum absolute atomic E-state index is 6.57. The molecule has 0 N–H and O–H groups in total. The molecular formula is C31H36ClN3. The summed E-state index contributed by atoms with van der Waals surface area (Å²) in [7, 11) is 0. The van der Waals surface area contributed by atoms with Crippen molar-refractivity contribution in [3.63, 3.8) is 0 Å². The molecule has 0 saturated heterocycles. The molecule has 0 saturated carbocycles. The minimum atomic E-state index is 0.827. The Labute approximate surface area is 215 Å². The van der Waals surface area contributed by atoms with Gasteiger partial charge in [0, 0.05) is 35.8 Å². The summed E-state index contributed by atoms with van der Waals surface area (Å²) in [4.78, 5) is 7.80. The molecule has 4 rings (SSSR count). The van der Waals surface area contributed by atoms with Gasteiger partial charge in [-0.05, 0) is 31.0 Å². The number of benzene rings is 3. The van der Waals surface area contributed by atoms with Crippen LogP contribution >= 0.6 is 11.6 Å². The molecule has 0 spiro atoms. The van der Waals surface area contributed by atoms with Gasteiger partial charge in [0.05, 0.1) is 11.4 Å². The number of imidazole rings is 1. The van der Waals surface area contributed by atoms with Gasteiger partial charge in [0.1, 0.15) is 5.82 Å². The van der Waals surface area contributed by atoms with E-state index in [1.165, 1.54) is 22.4 Å². The van der Waals surface area contributed by atoms with E-state index in [-0.39, 0.29) is 0 Å². The lowest BCUT2D eigenvalue weighted by molar-refractivity contribution is 0.246. The van der Waals surface area contributed by atoms with Gasteiger partial charge in [-0.2, -0.15) is 0 Å². The maximum Gasteiger partial charge on any atom is 0.140 e. The van der Waals surface area contributed by atoms with Crippen LogP contribution in [0.2, 0.25) is 5.02 Å². The lowest BCUT2D eigenvalue weighted by Crippen LogP contribution is -2.26.